The minimum atomic E-state index is -0.627. The highest BCUT2D eigenvalue weighted by Gasteiger charge is 2.31. The number of benzene rings is 1. The van der Waals surface area contributed by atoms with Crippen molar-refractivity contribution in [2.24, 2.45) is 0 Å². The van der Waals surface area contributed by atoms with Gasteiger partial charge >= 0.3 is 0 Å². The topological polar surface area (TPSA) is 23.5 Å². The van der Waals surface area contributed by atoms with Crippen molar-refractivity contribution in [3.63, 3.8) is 0 Å². The maximum atomic E-state index is 11.0. The zero-order valence-corrected chi connectivity index (χ0v) is 13.2. The predicted octanol–water partition coefficient (Wildman–Crippen LogP) is 3.89. The van der Waals surface area contributed by atoms with Gasteiger partial charge in [0.15, 0.2) is 0 Å². The molecule has 1 N–H and O–H groups in total. The van der Waals surface area contributed by atoms with Gasteiger partial charge in [-0.3, -0.25) is 0 Å². The van der Waals surface area contributed by atoms with Crippen molar-refractivity contribution in [2.75, 3.05) is 19.6 Å². The lowest BCUT2D eigenvalue weighted by atomic mass is 9.86. The molecule has 1 aliphatic heterocycles. The van der Waals surface area contributed by atoms with Gasteiger partial charge in [0.2, 0.25) is 0 Å². The number of hydrogen-bond donors (Lipinski definition) is 1. The monoisotopic (exact) mass is 275 g/mol. The molecule has 0 radical (unpaired) electrons. The molecule has 0 saturated carbocycles. The van der Waals surface area contributed by atoms with E-state index < -0.39 is 5.60 Å². The van der Waals surface area contributed by atoms with Crippen LogP contribution in [-0.2, 0) is 5.60 Å². The minimum Gasteiger partial charge on any atom is -0.385 e. The molecule has 0 amide bonds. The summed E-state index contributed by atoms with van der Waals surface area (Å²) in [7, 11) is 0. The van der Waals surface area contributed by atoms with Gasteiger partial charge < -0.3 is 10.0 Å². The van der Waals surface area contributed by atoms with E-state index in [2.05, 4.69) is 49.9 Å². The molecule has 0 aromatic heterocycles. The highest BCUT2D eigenvalue weighted by molar-refractivity contribution is 5.29. The van der Waals surface area contributed by atoms with Gasteiger partial charge in [0.25, 0.3) is 0 Å². The van der Waals surface area contributed by atoms with Gasteiger partial charge in [0.1, 0.15) is 0 Å². The Labute approximate surface area is 123 Å². The summed E-state index contributed by atoms with van der Waals surface area (Å²) in [5, 5.41) is 11.0. The van der Waals surface area contributed by atoms with Gasteiger partial charge in [-0.1, -0.05) is 45.0 Å². The fourth-order valence-electron chi connectivity index (χ4n) is 3.18. The number of likely N-dealkylation sites (tertiary alicyclic amines) is 1. The molecule has 1 saturated heterocycles. The van der Waals surface area contributed by atoms with Gasteiger partial charge in [-0.15, -0.1) is 0 Å². The summed E-state index contributed by atoms with van der Waals surface area (Å²) in [4.78, 5) is 2.49. The quantitative estimate of drug-likeness (QED) is 0.901. The number of aliphatic hydroxyl groups is 1. The summed E-state index contributed by atoms with van der Waals surface area (Å²) in [6, 6.07) is 8.61. The molecule has 1 atom stereocenters. The van der Waals surface area contributed by atoms with Crippen LogP contribution in [0.4, 0.5) is 0 Å². The summed E-state index contributed by atoms with van der Waals surface area (Å²) in [6.07, 6.45) is 4.02. The van der Waals surface area contributed by atoms with E-state index in [0.717, 1.165) is 44.5 Å². The molecule has 2 heteroatoms. The van der Waals surface area contributed by atoms with Crippen molar-refractivity contribution in [1.82, 2.24) is 4.90 Å². The molecule has 1 fully saturated rings. The molecule has 0 spiro atoms. The third kappa shape index (κ3) is 3.62. The second-order valence-electron chi connectivity index (χ2n) is 6.50. The fourth-order valence-corrected chi connectivity index (χ4v) is 3.18. The van der Waals surface area contributed by atoms with Crippen LogP contribution in [0.5, 0.6) is 0 Å². The molecule has 112 valence electrons. The normalized spacial score (nSPS) is 24.9. The first-order valence-corrected chi connectivity index (χ1v) is 8.10. The van der Waals surface area contributed by atoms with Gasteiger partial charge in [-0.2, -0.15) is 0 Å². The lowest BCUT2D eigenvalue weighted by molar-refractivity contribution is 0.0212. The summed E-state index contributed by atoms with van der Waals surface area (Å²) in [6.45, 7) is 9.93. The number of nitrogens with zero attached hydrogens (tertiary/aromatic N) is 1. The summed E-state index contributed by atoms with van der Waals surface area (Å²) < 4.78 is 0. The van der Waals surface area contributed by atoms with E-state index in [9.17, 15) is 5.11 Å². The average Bonchev–Trinajstić information content (AvgIpc) is 2.63. The van der Waals surface area contributed by atoms with Crippen molar-refractivity contribution < 1.29 is 5.11 Å². The Balaban J connectivity index is 2.09. The zero-order chi connectivity index (χ0) is 14.6. The Bertz CT molecular complexity index is 412. The maximum Gasteiger partial charge on any atom is 0.0909 e. The van der Waals surface area contributed by atoms with Gasteiger partial charge in [-0.05, 0) is 55.8 Å². The first-order chi connectivity index (χ1) is 9.55. The van der Waals surface area contributed by atoms with E-state index in [-0.39, 0.29) is 0 Å². The Hall–Kier alpha value is -0.860. The highest BCUT2D eigenvalue weighted by atomic mass is 16.3. The molecule has 0 bridgehead atoms. The number of hydrogen-bond acceptors (Lipinski definition) is 2. The molecule has 1 aromatic carbocycles. The van der Waals surface area contributed by atoms with Crippen molar-refractivity contribution in [3.8, 4) is 0 Å². The van der Waals surface area contributed by atoms with Crippen molar-refractivity contribution in [2.45, 2.75) is 58.0 Å². The highest BCUT2D eigenvalue weighted by Crippen LogP contribution is 2.33. The van der Waals surface area contributed by atoms with Crippen LogP contribution in [0.3, 0.4) is 0 Å². The SMILES string of the molecule is CCCN1CCCC(O)(c2ccc(C(C)C)cc2)CC1. The van der Waals surface area contributed by atoms with Gasteiger partial charge in [-0.25, -0.2) is 0 Å². The van der Waals surface area contributed by atoms with E-state index in [0.29, 0.717) is 5.92 Å². The first-order valence-electron chi connectivity index (χ1n) is 8.10. The largest absolute Gasteiger partial charge is 0.385 e. The van der Waals surface area contributed by atoms with Crippen LogP contribution in [-0.4, -0.2) is 29.6 Å². The molecule has 1 aliphatic rings. The maximum absolute atomic E-state index is 11.0. The molecule has 1 unspecified atom stereocenters. The lowest BCUT2D eigenvalue weighted by Crippen LogP contribution is -2.29. The molecule has 2 rings (SSSR count). The van der Waals surface area contributed by atoms with Crippen LogP contribution in [0.1, 0.15) is 63.5 Å². The van der Waals surface area contributed by atoms with E-state index in [1.165, 1.54) is 12.0 Å². The molecule has 2 nitrogen and oxygen atoms in total. The molecule has 20 heavy (non-hydrogen) atoms. The second kappa shape index (κ2) is 6.73. The third-order valence-electron chi connectivity index (χ3n) is 4.56. The molecular formula is C18H29NO. The Kier molecular flexibility index (Phi) is 5.22. The van der Waals surface area contributed by atoms with Crippen LogP contribution < -0.4 is 0 Å². The first kappa shape index (κ1) is 15.5. The Morgan fingerprint density at radius 2 is 1.85 bits per heavy atom. The van der Waals surface area contributed by atoms with E-state index >= 15 is 0 Å². The molecule has 1 heterocycles. The van der Waals surface area contributed by atoms with Crippen molar-refractivity contribution >= 4 is 0 Å². The van der Waals surface area contributed by atoms with Crippen LogP contribution in [0.15, 0.2) is 24.3 Å². The lowest BCUT2D eigenvalue weighted by Gasteiger charge is -2.28. The van der Waals surface area contributed by atoms with Crippen LogP contribution >= 0.6 is 0 Å². The summed E-state index contributed by atoms with van der Waals surface area (Å²) >= 11 is 0. The van der Waals surface area contributed by atoms with Crippen LogP contribution in [0.25, 0.3) is 0 Å². The van der Waals surface area contributed by atoms with Crippen molar-refractivity contribution in [3.05, 3.63) is 35.4 Å². The van der Waals surface area contributed by atoms with Crippen molar-refractivity contribution in [1.29, 1.82) is 0 Å². The zero-order valence-electron chi connectivity index (χ0n) is 13.2. The summed E-state index contributed by atoms with van der Waals surface area (Å²) in [5.41, 5.74) is 1.82. The molecular weight excluding hydrogens is 246 g/mol. The molecule has 0 aliphatic carbocycles. The fraction of sp³-hybridized carbons (Fsp3) is 0.667. The van der Waals surface area contributed by atoms with E-state index in [1.807, 2.05) is 0 Å². The van der Waals surface area contributed by atoms with Crippen LogP contribution in [0, 0.1) is 0 Å². The Morgan fingerprint density at radius 1 is 1.15 bits per heavy atom. The standard InChI is InChI=1S/C18H29NO/c1-4-12-19-13-5-10-18(20,11-14-19)17-8-6-16(7-9-17)15(2)3/h6-9,15,20H,4-5,10-14H2,1-3H3. The average molecular weight is 275 g/mol. The summed E-state index contributed by atoms with van der Waals surface area (Å²) in [5.74, 6) is 0.549. The third-order valence-corrected chi connectivity index (χ3v) is 4.56. The smallest absolute Gasteiger partial charge is 0.0909 e. The van der Waals surface area contributed by atoms with E-state index in [4.69, 9.17) is 0 Å². The van der Waals surface area contributed by atoms with Crippen LogP contribution in [0.2, 0.25) is 0 Å². The van der Waals surface area contributed by atoms with Gasteiger partial charge in [0, 0.05) is 6.54 Å². The Morgan fingerprint density at radius 3 is 2.45 bits per heavy atom. The predicted molar refractivity (Wildman–Crippen MR) is 85.0 cm³/mol. The van der Waals surface area contributed by atoms with E-state index in [1.54, 1.807) is 0 Å². The van der Waals surface area contributed by atoms with Gasteiger partial charge in [0.05, 0.1) is 5.60 Å². The second-order valence-corrected chi connectivity index (χ2v) is 6.50. The number of rotatable bonds is 4. The molecule has 1 aromatic rings. The minimum absolute atomic E-state index is 0.549.